The molecular weight excluding hydrogens is 309 g/mol. The van der Waals surface area contributed by atoms with E-state index >= 15 is 0 Å². The summed E-state index contributed by atoms with van der Waals surface area (Å²) >= 11 is 0. The summed E-state index contributed by atoms with van der Waals surface area (Å²) in [6, 6.07) is 2.78. The van der Waals surface area contributed by atoms with Crippen molar-refractivity contribution in [2.24, 2.45) is 0 Å². The summed E-state index contributed by atoms with van der Waals surface area (Å²) in [5.74, 6) is 0.661. The topological polar surface area (TPSA) is 72.5 Å². The average Bonchev–Trinajstić information content (AvgIpc) is 2.36. The lowest BCUT2D eigenvalue weighted by Gasteiger charge is -2.15. The molecule has 1 aromatic carbocycles. The van der Waals surface area contributed by atoms with Gasteiger partial charge < -0.3 is 10.1 Å². The molecule has 1 amide bonds. The lowest BCUT2D eigenvalue weighted by Crippen LogP contribution is -2.36. The Balaban J connectivity index is 2.99. The highest BCUT2D eigenvalue weighted by Gasteiger charge is 2.22. The van der Waals surface area contributed by atoms with Crippen LogP contribution in [0.1, 0.15) is 6.92 Å². The fraction of sp³-hybridized carbons (Fsp3) is 0.250. The van der Waals surface area contributed by atoms with Gasteiger partial charge in [-0.3, -0.25) is 4.79 Å². The second kappa shape index (κ2) is 6.59. The summed E-state index contributed by atoms with van der Waals surface area (Å²) < 4.78 is 40.9. The normalized spacial score (nSPS) is 12.3. The molecule has 1 atom stereocenters. The van der Waals surface area contributed by atoms with Crippen molar-refractivity contribution in [1.82, 2.24) is 5.32 Å². The highest BCUT2D eigenvalue weighted by molar-refractivity contribution is 8.13. The molecule has 8 heteroatoms. The lowest BCUT2D eigenvalue weighted by atomic mass is 10.3. The van der Waals surface area contributed by atoms with Gasteiger partial charge in [0.15, 0.2) is 6.10 Å². The van der Waals surface area contributed by atoms with Crippen LogP contribution in [-0.2, 0) is 13.8 Å². The average molecular weight is 320 g/mol. The van der Waals surface area contributed by atoms with Crippen molar-refractivity contribution in [2.75, 3.05) is 6.54 Å². The number of ether oxygens (including phenoxy) is 1. The third-order valence-electron chi connectivity index (χ3n) is 2.21. The Labute approximate surface area is 120 Å². The number of nitrogens with one attached hydrogen (secondary N) is 1. The van der Waals surface area contributed by atoms with Gasteiger partial charge in [-0.1, -0.05) is 5.92 Å². The van der Waals surface area contributed by atoms with E-state index in [1.165, 1.54) is 6.92 Å². The molecule has 0 spiro atoms. The maximum Gasteiger partial charge on any atom is 0.265 e. The molecule has 20 heavy (non-hydrogen) atoms. The molecule has 1 N–H and O–H groups in total. The van der Waals surface area contributed by atoms with Crippen LogP contribution in [0, 0.1) is 18.2 Å². The van der Waals surface area contributed by atoms with Crippen LogP contribution >= 0.6 is 10.7 Å². The van der Waals surface area contributed by atoms with Crippen LogP contribution in [-0.4, -0.2) is 27.0 Å². The highest BCUT2D eigenvalue weighted by Crippen LogP contribution is 2.28. The summed E-state index contributed by atoms with van der Waals surface area (Å²) in [5.41, 5.74) is 0. The number of carbonyl (C=O) groups is 1. The molecule has 0 heterocycles. The first-order valence-corrected chi connectivity index (χ1v) is 7.68. The predicted molar refractivity (Wildman–Crippen MR) is 71.4 cm³/mol. The molecular formula is C12H11ClFNO4S. The van der Waals surface area contributed by atoms with Gasteiger partial charge in [0.05, 0.1) is 6.54 Å². The quantitative estimate of drug-likeness (QED) is 0.655. The smallest absolute Gasteiger partial charge is 0.265 e. The van der Waals surface area contributed by atoms with E-state index < -0.39 is 31.8 Å². The molecule has 0 saturated carbocycles. The Morgan fingerprint density at radius 1 is 1.60 bits per heavy atom. The monoisotopic (exact) mass is 319 g/mol. The van der Waals surface area contributed by atoms with E-state index in [1.807, 2.05) is 0 Å². The van der Waals surface area contributed by atoms with Crippen molar-refractivity contribution in [3.05, 3.63) is 24.0 Å². The van der Waals surface area contributed by atoms with Gasteiger partial charge in [-0.25, -0.2) is 12.8 Å². The summed E-state index contributed by atoms with van der Waals surface area (Å²) in [4.78, 5) is 11.0. The molecule has 0 radical (unpaired) electrons. The number of carbonyl (C=O) groups excluding carboxylic acids is 1. The predicted octanol–water partition coefficient (Wildman–Crippen LogP) is 1.27. The maximum atomic E-state index is 13.1. The van der Waals surface area contributed by atoms with Crippen LogP contribution in [0.2, 0.25) is 0 Å². The van der Waals surface area contributed by atoms with Crippen LogP contribution in [0.4, 0.5) is 4.39 Å². The molecule has 0 aromatic heterocycles. The number of amides is 1. The molecule has 0 fully saturated rings. The minimum atomic E-state index is -4.20. The first-order valence-electron chi connectivity index (χ1n) is 5.37. The molecule has 0 aliphatic carbocycles. The fourth-order valence-corrected chi connectivity index (χ4v) is 2.27. The van der Waals surface area contributed by atoms with Crippen LogP contribution in [0.25, 0.3) is 0 Å². The van der Waals surface area contributed by atoms with Gasteiger partial charge in [0.2, 0.25) is 0 Å². The first-order chi connectivity index (χ1) is 9.25. The number of hydrogen-bond acceptors (Lipinski definition) is 4. The van der Waals surface area contributed by atoms with Gasteiger partial charge >= 0.3 is 0 Å². The zero-order chi connectivity index (χ0) is 15.3. The van der Waals surface area contributed by atoms with E-state index in [0.29, 0.717) is 6.07 Å². The van der Waals surface area contributed by atoms with Crippen LogP contribution in [0.3, 0.4) is 0 Å². The number of terminal acetylenes is 1. The Kier molecular flexibility index (Phi) is 5.36. The minimum absolute atomic E-state index is 0.0105. The van der Waals surface area contributed by atoms with Gasteiger partial charge in [0, 0.05) is 10.7 Å². The zero-order valence-corrected chi connectivity index (χ0v) is 12.0. The van der Waals surface area contributed by atoms with Crippen molar-refractivity contribution < 1.29 is 22.3 Å². The Hall–Kier alpha value is -1.78. The maximum absolute atomic E-state index is 13.1. The molecule has 1 rings (SSSR count). The second-order valence-corrected chi connectivity index (χ2v) is 6.25. The van der Waals surface area contributed by atoms with Crippen molar-refractivity contribution in [2.45, 2.75) is 17.9 Å². The molecule has 0 aliphatic rings. The molecule has 5 nitrogen and oxygen atoms in total. The number of benzene rings is 1. The van der Waals surface area contributed by atoms with Gasteiger partial charge in [-0.05, 0) is 25.1 Å². The second-order valence-electron chi connectivity index (χ2n) is 3.71. The Morgan fingerprint density at radius 3 is 2.80 bits per heavy atom. The van der Waals surface area contributed by atoms with Crippen molar-refractivity contribution in [1.29, 1.82) is 0 Å². The van der Waals surface area contributed by atoms with Crippen molar-refractivity contribution in [3.63, 3.8) is 0 Å². The summed E-state index contributed by atoms with van der Waals surface area (Å²) in [6.45, 7) is 1.40. The number of halogens is 2. The SMILES string of the molecule is C#CCNC(=O)C(C)Oc1ccc(F)cc1S(=O)(=O)Cl. The van der Waals surface area contributed by atoms with Crippen LogP contribution in [0.15, 0.2) is 23.1 Å². The van der Waals surface area contributed by atoms with Crippen molar-refractivity contribution in [3.8, 4) is 18.1 Å². The minimum Gasteiger partial charge on any atom is -0.479 e. The van der Waals surface area contributed by atoms with Crippen LogP contribution < -0.4 is 10.1 Å². The van der Waals surface area contributed by atoms with Gasteiger partial charge in [-0.15, -0.1) is 6.42 Å². The standard InChI is InChI=1S/C12H11ClFNO4S/c1-3-6-15-12(16)8(2)19-10-5-4-9(14)7-11(10)20(13,17)18/h1,4-5,7-8H,6H2,2H3,(H,15,16). The fourth-order valence-electron chi connectivity index (χ4n) is 1.30. The van der Waals surface area contributed by atoms with E-state index in [-0.39, 0.29) is 12.3 Å². The van der Waals surface area contributed by atoms with E-state index in [2.05, 4.69) is 11.2 Å². The van der Waals surface area contributed by atoms with Gasteiger partial charge in [-0.2, -0.15) is 0 Å². The number of rotatable bonds is 5. The Bertz CT molecular complexity index is 654. The summed E-state index contributed by atoms with van der Waals surface area (Å²) in [7, 11) is 0.980. The zero-order valence-electron chi connectivity index (χ0n) is 10.4. The van der Waals surface area contributed by atoms with Gasteiger partial charge in [0.1, 0.15) is 16.5 Å². The van der Waals surface area contributed by atoms with E-state index in [0.717, 1.165) is 12.1 Å². The van der Waals surface area contributed by atoms with Gasteiger partial charge in [0.25, 0.3) is 15.0 Å². The third-order valence-corrected chi connectivity index (χ3v) is 3.55. The summed E-state index contributed by atoms with van der Waals surface area (Å²) in [5, 5.41) is 2.37. The van der Waals surface area contributed by atoms with E-state index in [4.69, 9.17) is 21.8 Å². The molecule has 1 unspecified atom stereocenters. The molecule has 0 saturated heterocycles. The molecule has 108 valence electrons. The van der Waals surface area contributed by atoms with E-state index in [1.54, 1.807) is 0 Å². The van der Waals surface area contributed by atoms with Crippen molar-refractivity contribution >= 4 is 25.6 Å². The van der Waals surface area contributed by atoms with Crippen LogP contribution in [0.5, 0.6) is 5.75 Å². The third kappa shape index (κ3) is 4.40. The first kappa shape index (κ1) is 16.3. The highest BCUT2D eigenvalue weighted by atomic mass is 35.7. The molecule has 0 aliphatic heterocycles. The molecule has 0 bridgehead atoms. The van der Waals surface area contributed by atoms with E-state index in [9.17, 15) is 17.6 Å². The summed E-state index contributed by atoms with van der Waals surface area (Å²) in [6.07, 6.45) is 3.96. The lowest BCUT2D eigenvalue weighted by molar-refractivity contribution is -0.127. The molecule has 1 aromatic rings. The Morgan fingerprint density at radius 2 is 2.25 bits per heavy atom. The largest absolute Gasteiger partial charge is 0.479 e. The number of hydrogen-bond donors (Lipinski definition) is 1.